The molecule has 0 aliphatic carbocycles. The van der Waals surface area contributed by atoms with Gasteiger partial charge >= 0.3 is 0 Å². The second-order valence-electron chi connectivity index (χ2n) is 6.23. The summed E-state index contributed by atoms with van der Waals surface area (Å²) in [6.07, 6.45) is 3.22. The molecule has 0 saturated carbocycles. The standard InChI is InChI=1S/C19H20N2O4/c1-13-16(20-19(24-13)14-7-8-22-11-14)10-21(2)9-15-12-23-17-5-3-4-6-18(17)25-15/h3-8,11,15H,9-10,12H2,1-2H3/t15-/m1/s1. The quantitative estimate of drug-likeness (QED) is 0.708. The van der Waals surface area contributed by atoms with Crippen molar-refractivity contribution in [1.29, 1.82) is 0 Å². The fourth-order valence-electron chi connectivity index (χ4n) is 2.91. The fourth-order valence-corrected chi connectivity index (χ4v) is 2.91. The molecule has 0 amide bonds. The van der Waals surface area contributed by atoms with Gasteiger partial charge in [-0.15, -0.1) is 0 Å². The van der Waals surface area contributed by atoms with E-state index in [2.05, 4.69) is 9.88 Å². The number of fused-ring (bicyclic) bond motifs is 1. The predicted molar refractivity (Wildman–Crippen MR) is 91.6 cm³/mol. The maximum Gasteiger partial charge on any atom is 0.229 e. The van der Waals surface area contributed by atoms with Crippen LogP contribution in [0.25, 0.3) is 11.5 Å². The number of rotatable bonds is 5. The van der Waals surface area contributed by atoms with Gasteiger partial charge in [0.15, 0.2) is 11.5 Å². The van der Waals surface area contributed by atoms with Crippen LogP contribution in [-0.4, -0.2) is 36.2 Å². The van der Waals surface area contributed by atoms with E-state index in [1.807, 2.05) is 44.3 Å². The van der Waals surface area contributed by atoms with E-state index in [1.54, 1.807) is 12.5 Å². The Morgan fingerprint density at radius 2 is 2.04 bits per heavy atom. The van der Waals surface area contributed by atoms with E-state index in [0.717, 1.165) is 35.1 Å². The second-order valence-corrected chi connectivity index (χ2v) is 6.23. The van der Waals surface area contributed by atoms with Gasteiger partial charge in [0.2, 0.25) is 5.89 Å². The Bertz CT molecular complexity index is 841. The van der Waals surface area contributed by atoms with E-state index in [-0.39, 0.29) is 6.10 Å². The zero-order valence-corrected chi connectivity index (χ0v) is 14.3. The molecule has 130 valence electrons. The van der Waals surface area contributed by atoms with Crippen LogP contribution in [0.2, 0.25) is 0 Å². The number of benzene rings is 1. The number of hydrogen-bond acceptors (Lipinski definition) is 6. The van der Waals surface area contributed by atoms with Crippen LogP contribution in [-0.2, 0) is 6.54 Å². The van der Waals surface area contributed by atoms with Gasteiger partial charge in [0.1, 0.15) is 24.7 Å². The number of hydrogen-bond donors (Lipinski definition) is 0. The summed E-state index contributed by atoms with van der Waals surface area (Å²) >= 11 is 0. The molecule has 1 aromatic carbocycles. The fraction of sp³-hybridized carbons (Fsp3) is 0.316. The summed E-state index contributed by atoms with van der Waals surface area (Å²) in [7, 11) is 2.04. The summed E-state index contributed by atoms with van der Waals surface area (Å²) in [5, 5.41) is 0. The minimum Gasteiger partial charge on any atom is -0.486 e. The zero-order valence-electron chi connectivity index (χ0n) is 14.3. The molecule has 1 aliphatic heterocycles. The monoisotopic (exact) mass is 340 g/mol. The van der Waals surface area contributed by atoms with Gasteiger partial charge < -0.3 is 18.3 Å². The van der Waals surface area contributed by atoms with Crippen molar-refractivity contribution in [3.63, 3.8) is 0 Å². The van der Waals surface area contributed by atoms with Crippen molar-refractivity contribution in [3.05, 3.63) is 54.3 Å². The number of nitrogens with zero attached hydrogens (tertiary/aromatic N) is 2. The lowest BCUT2D eigenvalue weighted by Crippen LogP contribution is -2.39. The van der Waals surface area contributed by atoms with E-state index in [0.29, 0.717) is 19.0 Å². The number of aromatic nitrogens is 1. The average molecular weight is 340 g/mol. The van der Waals surface area contributed by atoms with Gasteiger partial charge in [-0.2, -0.15) is 0 Å². The summed E-state index contributed by atoms with van der Waals surface area (Å²) in [6, 6.07) is 9.58. The summed E-state index contributed by atoms with van der Waals surface area (Å²) < 4.78 is 22.6. The Hall–Kier alpha value is -2.73. The zero-order chi connectivity index (χ0) is 17.2. The van der Waals surface area contributed by atoms with Gasteiger partial charge in [-0.1, -0.05) is 12.1 Å². The number of aryl methyl sites for hydroxylation is 1. The first-order valence-electron chi connectivity index (χ1n) is 8.25. The molecule has 25 heavy (non-hydrogen) atoms. The minimum absolute atomic E-state index is 0.0135. The number of oxazole rings is 1. The van der Waals surface area contributed by atoms with E-state index in [1.165, 1.54) is 0 Å². The van der Waals surface area contributed by atoms with Crippen LogP contribution in [0.4, 0.5) is 0 Å². The van der Waals surface area contributed by atoms with Gasteiger partial charge in [-0.25, -0.2) is 4.98 Å². The van der Waals surface area contributed by atoms with E-state index >= 15 is 0 Å². The Balaban J connectivity index is 1.39. The van der Waals surface area contributed by atoms with Crippen LogP contribution in [0.5, 0.6) is 11.5 Å². The molecule has 6 nitrogen and oxygen atoms in total. The molecule has 4 rings (SSSR count). The normalized spacial score (nSPS) is 16.4. The van der Waals surface area contributed by atoms with E-state index < -0.39 is 0 Å². The molecule has 0 spiro atoms. The molecule has 1 atom stereocenters. The number of furan rings is 1. The van der Waals surface area contributed by atoms with Crippen molar-refractivity contribution >= 4 is 0 Å². The topological polar surface area (TPSA) is 60.9 Å². The highest BCUT2D eigenvalue weighted by Gasteiger charge is 2.23. The van der Waals surface area contributed by atoms with Gasteiger partial charge in [0.25, 0.3) is 0 Å². The highest BCUT2D eigenvalue weighted by molar-refractivity contribution is 5.51. The molecule has 0 radical (unpaired) electrons. The predicted octanol–water partition coefficient (Wildman–Crippen LogP) is 3.51. The second kappa shape index (κ2) is 6.64. The lowest BCUT2D eigenvalue weighted by Gasteiger charge is -2.29. The third-order valence-electron chi connectivity index (χ3n) is 4.16. The van der Waals surface area contributed by atoms with Crippen LogP contribution in [0.3, 0.4) is 0 Å². The number of likely N-dealkylation sites (N-methyl/N-ethyl adjacent to an activating group) is 1. The van der Waals surface area contributed by atoms with Crippen molar-refractivity contribution in [2.45, 2.75) is 19.6 Å². The summed E-state index contributed by atoms with van der Waals surface area (Å²) in [6.45, 7) is 3.88. The molecule has 2 aromatic heterocycles. The summed E-state index contributed by atoms with van der Waals surface area (Å²) in [5.74, 6) is 3.00. The van der Waals surface area contributed by atoms with Crippen LogP contribution in [0.15, 0.2) is 51.7 Å². The maximum atomic E-state index is 6.01. The Labute approximate surface area is 146 Å². The lowest BCUT2D eigenvalue weighted by molar-refractivity contribution is 0.0634. The highest BCUT2D eigenvalue weighted by atomic mass is 16.6. The largest absolute Gasteiger partial charge is 0.486 e. The Kier molecular flexibility index (Phi) is 4.19. The van der Waals surface area contributed by atoms with Crippen molar-refractivity contribution in [2.24, 2.45) is 0 Å². The highest BCUT2D eigenvalue weighted by Crippen LogP contribution is 2.31. The van der Waals surface area contributed by atoms with Gasteiger partial charge in [0, 0.05) is 13.1 Å². The molecule has 3 heterocycles. The first-order chi connectivity index (χ1) is 12.2. The third kappa shape index (κ3) is 3.39. The van der Waals surface area contributed by atoms with Crippen LogP contribution < -0.4 is 9.47 Å². The summed E-state index contributed by atoms with van der Waals surface area (Å²) in [4.78, 5) is 6.74. The molecule has 3 aromatic rings. The first-order valence-corrected chi connectivity index (χ1v) is 8.25. The molecule has 6 heteroatoms. The van der Waals surface area contributed by atoms with Gasteiger partial charge in [0.05, 0.1) is 17.5 Å². The molecule has 0 fully saturated rings. The first kappa shape index (κ1) is 15.8. The minimum atomic E-state index is -0.0135. The van der Waals surface area contributed by atoms with E-state index in [4.69, 9.17) is 18.3 Å². The Morgan fingerprint density at radius 1 is 1.20 bits per heavy atom. The van der Waals surface area contributed by atoms with Gasteiger partial charge in [-0.05, 0) is 32.2 Å². The van der Waals surface area contributed by atoms with Crippen molar-refractivity contribution in [2.75, 3.05) is 20.2 Å². The molecular weight excluding hydrogens is 320 g/mol. The molecule has 0 saturated heterocycles. The lowest BCUT2D eigenvalue weighted by atomic mass is 10.2. The van der Waals surface area contributed by atoms with Crippen molar-refractivity contribution < 1.29 is 18.3 Å². The van der Waals surface area contributed by atoms with E-state index in [9.17, 15) is 0 Å². The molecule has 0 bridgehead atoms. The molecular formula is C19H20N2O4. The third-order valence-corrected chi connectivity index (χ3v) is 4.16. The molecule has 0 N–H and O–H groups in total. The van der Waals surface area contributed by atoms with Crippen LogP contribution in [0, 0.1) is 6.92 Å². The SMILES string of the molecule is Cc1oc(-c2ccoc2)nc1CN(C)C[C@@H]1COc2ccccc2O1. The molecule has 1 aliphatic rings. The van der Waals surface area contributed by atoms with Crippen molar-refractivity contribution in [1.82, 2.24) is 9.88 Å². The van der Waals surface area contributed by atoms with Gasteiger partial charge in [-0.3, -0.25) is 4.90 Å². The maximum absolute atomic E-state index is 6.01. The van der Waals surface area contributed by atoms with Crippen LogP contribution in [0.1, 0.15) is 11.5 Å². The molecule has 0 unspecified atom stereocenters. The average Bonchev–Trinajstić information content (AvgIpc) is 3.25. The number of ether oxygens (including phenoxy) is 2. The number of para-hydroxylation sites is 2. The van der Waals surface area contributed by atoms with Crippen LogP contribution >= 0.6 is 0 Å². The summed E-state index contributed by atoms with van der Waals surface area (Å²) in [5.41, 5.74) is 1.76. The van der Waals surface area contributed by atoms with Crippen molar-refractivity contribution in [3.8, 4) is 23.0 Å². The Morgan fingerprint density at radius 3 is 2.84 bits per heavy atom. The smallest absolute Gasteiger partial charge is 0.229 e.